The summed E-state index contributed by atoms with van der Waals surface area (Å²) in [6.45, 7) is 5.48. The van der Waals surface area contributed by atoms with Crippen LogP contribution in [0.3, 0.4) is 0 Å². The number of benzene rings is 2. The molecular weight excluding hydrogens is 454 g/mol. The number of hydrogen-bond donors (Lipinski definition) is 1. The number of anilines is 1. The number of hydrogen-bond acceptors (Lipinski definition) is 5. The van der Waals surface area contributed by atoms with Gasteiger partial charge in [0.25, 0.3) is 15.9 Å². The van der Waals surface area contributed by atoms with Crippen LogP contribution in [0.25, 0.3) is 0 Å². The first-order valence-corrected chi connectivity index (χ1v) is 12.1. The summed E-state index contributed by atoms with van der Waals surface area (Å²) in [6.07, 6.45) is 1.89. The smallest absolute Gasteiger partial charge is 0.338 e. The molecule has 1 amide bonds. The van der Waals surface area contributed by atoms with Crippen molar-refractivity contribution in [3.8, 4) is 0 Å². The largest absolute Gasteiger partial charge is 0.449 e. The number of piperidine rings is 1. The Morgan fingerprint density at radius 2 is 1.64 bits per heavy atom. The van der Waals surface area contributed by atoms with Gasteiger partial charge in [0.15, 0.2) is 17.7 Å². The average molecular weight is 481 g/mol. The van der Waals surface area contributed by atoms with Gasteiger partial charge in [-0.1, -0.05) is 0 Å². The van der Waals surface area contributed by atoms with Crippen LogP contribution in [0, 0.1) is 11.6 Å². The lowest BCUT2D eigenvalue weighted by Gasteiger charge is -2.40. The molecule has 1 heterocycles. The van der Waals surface area contributed by atoms with Crippen molar-refractivity contribution in [1.82, 2.24) is 4.90 Å². The molecule has 1 aliphatic heterocycles. The van der Waals surface area contributed by atoms with Crippen LogP contribution in [0.15, 0.2) is 47.4 Å². The monoisotopic (exact) mass is 480 g/mol. The number of carbonyl (C=O) groups excluding carboxylic acids is 2. The zero-order valence-electron chi connectivity index (χ0n) is 18.5. The highest BCUT2D eigenvalue weighted by molar-refractivity contribution is 7.92. The van der Waals surface area contributed by atoms with E-state index in [0.717, 1.165) is 31.4 Å². The number of halogens is 2. The van der Waals surface area contributed by atoms with Gasteiger partial charge in [0.05, 0.1) is 10.5 Å². The molecule has 1 saturated heterocycles. The average Bonchev–Trinajstić information content (AvgIpc) is 2.75. The fourth-order valence-corrected chi connectivity index (χ4v) is 4.95. The first-order valence-electron chi connectivity index (χ1n) is 10.6. The van der Waals surface area contributed by atoms with E-state index in [4.69, 9.17) is 4.74 Å². The van der Waals surface area contributed by atoms with Gasteiger partial charge in [-0.25, -0.2) is 22.0 Å². The van der Waals surface area contributed by atoms with Crippen molar-refractivity contribution in [1.29, 1.82) is 0 Å². The Balaban J connectivity index is 1.65. The molecule has 0 unspecified atom stereocenters. The zero-order valence-corrected chi connectivity index (χ0v) is 19.4. The third-order valence-corrected chi connectivity index (χ3v) is 7.03. The van der Waals surface area contributed by atoms with Gasteiger partial charge in [0.2, 0.25) is 0 Å². The standard InChI is InChI=1S/C23H26F2N2O5S/c1-14-5-4-6-15(2)27(14)22(28)16(3)32-23(29)17-7-9-18(10-8-17)26-33(30,31)19-11-12-20(24)21(25)13-19/h7-16,26H,4-6H2,1-3H3/t14-,15-,16-/m0/s1. The van der Waals surface area contributed by atoms with Crippen LogP contribution < -0.4 is 4.72 Å². The van der Waals surface area contributed by atoms with Crippen molar-refractivity contribution in [3.05, 3.63) is 59.7 Å². The lowest BCUT2D eigenvalue weighted by Crippen LogP contribution is -2.51. The predicted octanol–water partition coefficient (Wildman–Crippen LogP) is 4.10. The van der Waals surface area contributed by atoms with Crippen molar-refractivity contribution < 1.29 is 31.5 Å². The normalized spacial score (nSPS) is 19.6. The minimum atomic E-state index is -4.16. The number of carbonyl (C=O) groups is 2. The Bertz CT molecular complexity index is 1130. The molecule has 0 radical (unpaired) electrons. The molecule has 178 valence electrons. The molecule has 2 aromatic rings. The number of nitrogens with zero attached hydrogens (tertiary/aromatic N) is 1. The van der Waals surface area contributed by atoms with E-state index in [9.17, 15) is 26.8 Å². The van der Waals surface area contributed by atoms with E-state index in [0.29, 0.717) is 6.07 Å². The minimum Gasteiger partial charge on any atom is -0.449 e. The summed E-state index contributed by atoms with van der Waals surface area (Å²) in [7, 11) is -4.16. The molecule has 1 N–H and O–H groups in total. The van der Waals surface area contributed by atoms with E-state index in [1.807, 2.05) is 13.8 Å². The summed E-state index contributed by atoms with van der Waals surface area (Å²) in [6, 6.07) is 7.72. The molecule has 3 atom stereocenters. The number of esters is 1. The van der Waals surface area contributed by atoms with E-state index in [1.54, 1.807) is 4.90 Å². The summed E-state index contributed by atoms with van der Waals surface area (Å²) in [5.74, 6) is -3.41. The lowest BCUT2D eigenvalue weighted by atomic mass is 9.97. The van der Waals surface area contributed by atoms with Crippen LogP contribution in [0.4, 0.5) is 14.5 Å². The molecule has 0 bridgehead atoms. The molecule has 0 aromatic heterocycles. The number of nitrogens with one attached hydrogen (secondary N) is 1. The van der Waals surface area contributed by atoms with E-state index < -0.39 is 38.6 Å². The second kappa shape index (κ2) is 9.86. The summed E-state index contributed by atoms with van der Waals surface area (Å²) in [5.41, 5.74) is 0.238. The Morgan fingerprint density at radius 3 is 2.21 bits per heavy atom. The maximum absolute atomic E-state index is 13.4. The molecule has 0 spiro atoms. The number of ether oxygens (including phenoxy) is 1. The van der Waals surface area contributed by atoms with Gasteiger partial charge in [-0.2, -0.15) is 0 Å². The topological polar surface area (TPSA) is 92.8 Å². The Kier molecular flexibility index (Phi) is 7.36. The fraction of sp³-hybridized carbons (Fsp3) is 0.391. The first-order chi connectivity index (χ1) is 15.5. The molecule has 10 heteroatoms. The summed E-state index contributed by atoms with van der Waals surface area (Å²) < 4.78 is 58.7. The van der Waals surface area contributed by atoms with E-state index in [2.05, 4.69) is 4.72 Å². The SMILES string of the molecule is C[C@H](OC(=O)c1ccc(NS(=O)(=O)c2ccc(F)c(F)c2)cc1)C(=O)N1[C@@H](C)CCC[C@@H]1C. The van der Waals surface area contributed by atoms with Gasteiger partial charge >= 0.3 is 5.97 Å². The summed E-state index contributed by atoms with van der Waals surface area (Å²) >= 11 is 0. The first kappa shape index (κ1) is 24.6. The number of likely N-dealkylation sites (tertiary alicyclic amines) is 1. The Morgan fingerprint density at radius 1 is 1.03 bits per heavy atom. The van der Waals surface area contributed by atoms with Crippen LogP contribution in [0.1, 0.15) is 50.4 Å². The Hall–Kier alpha value is -3.01. The molecule has 0 aliphatic carbocycles. The second-order valence-electron chi connectivity index (χ2n) is 8.18. The van der Waals surface area contributed by atoms with E-state index in [1.165, 1.54) is 31.2 Å². The number of sulfonamides is 1. The van der Waals surface area contributed by atoms with Crippen LogP contribution in [0.2, 0.25) is 0 Å². The molecule has 1 fully saturated rings. The molecule has 1 aliphatic rings. The van der Waals surface area contributed by atoms with E-state index >= 15 is 0 Å². The quantitative estimate of drug-likeness (QED) is 0.629. The maximum atomic E-state index is 13.4. The van der Waals surface area contributed by atoms with Crippen molar-refractivity contribution in [2.45, 2.75) is 63.1 Å². The highest BCUT2D eigenvalue weighted by Gasteiger charge is 2.33. The predicted molar refractivity (Wildman–Crippen MR) is 118 cm³/mol. The zero-order chi connectivity index (χ0) is 24.3. The molecule has 33 heavy (non-hydrogen) atoms. The van der Waals surface area contributed by atoms with Crippen molar-refractivity contribution >= 4 is 27.6 Å². The van der Waals surface area contributed by atoms with Gasteiger partial charge in [0, 0.05) is 17.8 Å². The van der Waals surface area contributed by atoms with Crippen LogP contribution in [-0.4, -0.2) is 43.4 Å². The highest BCUT2D eigenvalue weighted by atomic mass is 32.2. The molecule has 2 aromatic carbocycles. The molecule has 3 rings (SSSR count). The lowest BCUT2D eigenvalue weighted by molar-refractivity contribution is -0.146. The summed E-state index contributed by atoms with van der Waals surface area (Å²) in [4.78, 5) is 26.6. The van der Waals surface area contributed by atoms with Crippen molar-refractivity contribution in [2.75, 3.05) is 4.72 Å². The van der Waals surface area contributed by atoms with Crippen molar-refractivity contribution in [3.63, 3.8) is 0 Å². The number of amides is 1. The van der Waals surface area contributed by atoms with Gasteiger partial charge < -0.3 is 9.64 Å². The maximum Gasteiger partial charge on any atom is 0.338 e. The fourth-order valence-electron chi connectivity index (χ4n) is 3.88. The molecule has 0 saturated carbocycles. The highest BCUT2D eigenvalue weighted by Crippen LogP contribution is 2.24. The second-order valence-corrected chi connectivity index (χ2v) is 9.86. The van der Waals surface area contributed by atoms with Crippen LogP contribution in [-0.2, 0) is 19.6 Å². The number of rotatable bonds is 6. The third kappa shape index (κ3) is 5.68. The van der Waals surface area contributed by atoms with Gasteiger partial charge in [-0.15, -0.1) is 0 Å². The minimum absolute atomic E-state index is 0.0734. The summed E-state index contributed by atoms with van der Waals surface area (Å²) in [5, 5.41) is 0. The van der Waals surface area contributed by atoms with Gasteiger partial charge in [-0.3, -0.25) is 9.52 Å². The van der Waals surface area contributed by atoms with Crippen LogP contribution in [0.5, 0.6) is 0 Å². The van der Waals surface area contributed by atoms with Crippen molar-refractivity contribution in [2.24, 2.45) is 0 Å². The Labute approximate surface area is 191 Å². The molecular formula is C23H26F2N2O5S. The molecule has 7 nitrogen and oxygen atoms in total. The van der Waals surface area contributed by atoms with Crippen LogP contribution >= 0.6 is 0 Å². The van der Waals surface area contributed by atoms with E-state index in [-0.39, 0.29) is 29.2 Å². The third-order valence-electron chi connectivity index (χ3n) is 5.65. The van der Waals surface area contributed by atoms with Gasteiger partial charge in [0.1, 0.15) is 0 Å². The van der Waals surface area contributed by atoms with Gasteiger partial charge in [-0.05, 0) is 82.5 Å².